The van der Waals surface area contributed by atoms with Gasteiger partial charge < -0.3 is 10.7 Å². The van der Waals surface area contributed by atoms with E-state index in [0.717, 1.165) is 11.2 Å². The largest absolute Gasteiger partial charge is 0.369 e. The van der Waals surface area contributed by atoms with Gasteiger partial charge in [-0.2, -0.15) is 0 Å². The van der Waals surface area contributed by atoms with Gasteiger partial charge in [0.05, 0.1) is 4.90 Å². The summed E-state index contributed by atoms with van der Waals surface area (Å²) in [5.41, 5.74) is 10.3. The molecule has 0 spiro atoms. The van der Waals surface area contributed by atoms with E-state index in [9.17, 15) is 8.42 Å². The van der Waals surface area contributed by atoms with Crippen LogP contribution < -0.4 is 10.5 Å². The first-order chi connectivity index (χ1) is 12.4. The Morgan fingerprint density at radius 1 is 1.15 bits per heavy atom. The molecule has 0 saturated heterocycles. The first-order valence-electron chi connectivity index (χ1n) is 8.32. The number of guanidine groups is 1. The van der Waals surface area contributed by atoms with Gasteiger partial charge >= 0.3 is 0 Å². The van der Waals surface area contributed by atoms with Gasteiger partial charge in [0, 0.05) is 23.1 Å². The summed E-state index contributed by atoms with van der Waals surface area (Å²) in [6.45, 7) is 4.47. The van der Waals surface area contributed by atoms with E-state index in [1.165, 1.54) is 28.6 Å². The Balaban J connectivity index is 1.71. The number of rotatable bonds is 5. The van der Waals surface area contributed by atoms with Crippen molar-refractivity contribution in [2.45, 2.75) is 25.2 Å². The second kappa shape index (κ2) is 7.21. The zero-order chi connectivity index (χ0) is 18.7. The maximum absolute atomic E-state index is 12.2. The Morgan fingerprint density at radius 3 is 2.62 bits per heavy atom. The number of nitrogens with two attached hydrogens (primary N) is 1. The topological polar surface area (TPSA) is 100 Å². The van der Waals surface area contributed by atoms with Crippen LogP contribution >= 0.6 is 0 Å². The third kappa shape index (κ3) is 3.88. The van der Waals surface area contributed by atoms with Crippen LogP contribution in [0.3, 0.4) is 0 Å². The normalized spacial score (nSPS) is 12.5. The van der Waals surface area contributed by atoms with E-state index in [-0.39, 0.29) is 10.9 Å². The number of aryl methyl sites for hydroxylation is 2. The number of aromatic amines is 1. The average Bonchev–Trinajstić information content (AvgIpc) is 2.90. The fourth-order valence-corrected chi connectivity index (χ4v) is 3.91. The van der Waals surface area contributed by atoms with Gasteiger partial charge in [0.2, 0.25) is 5.96 Å². The molecule has 0 aliphatic heterocycles. The molecule has 3 aromatic rings. The second-order valence-corrected chi connectivity index (χ2v) is 7.90. The molecule has 26 heavy (non-hydrogen) atoms. The molecule has 0 fully saturated rings. The van der Waals surface area contributed by atoms with Crippen LogP contribution in [0.5, 0.6) is 0 Å². The lowest BCUT2D eigenvalue weighted by Crippen LogP contribution is -2.37. The summed E-state index contributed by atoms with van der Waals surface area (Å²) in [5.74, 6) is -0.109. The van der Waals surface area contributed by atoms with Crippen LogP contribution in [0.4, 0.5) is 0 Å². The highest BCUT2D eigenvalue weighted by Gasteiger charge is 2.14. The van der Waals surface area contributed by atoms with Crippen LogP contribution in [0, 0.1) is 13.8 Å². The van der Waals surface area contributed by atoms with Crippen molar-refractivity contribution in [2.24, 2.45) is 10.7 Å². The number of benzene rings is 2. The summed E-state index contributed by atoms with van der Waals surface area (Å²) in [6, 6.07) is 14.3. The molecular weight excluding hydrogens is 348 g/mol. The summed E-state index contributed by atoms with van der Waals surface area (Å²) >= 11 is 0. The third-order valence-electron chi connectivity index (χ3n) is 4.21. The highest BCUT2D eigenvalue weighted by Crippen LogP contribution is 2.23. The summed E-state index contributed by atoms with van der Waals surface area (Å²) in [4.78, 5) is 7.69. The summed E-state index contributed by atoms with van der Waals surface area (Å²) < 4.78 is 26.8. The molecule has 0 amide bonds. The van der Waals surface area contributed by atoms with E-state index in [1.807, 2.05) is 6.92 Å². The number of aromatic nitrogens is 1. The Kier molecular flexibility index (Phi) is 4.99. The lowest BCUT2D eigenvalue weighted by molar-refractivity contribution is 0.592. The maximum atomic E-state index is 12.2. The molecule has 0 radical (unpaired) electrons. The smallest absolute Gasteiger partial charge is 0.264 e. The molecule has 0 aliphatic rings. The van der Waals surface area contributed by atoms with Crippen LogP contribution in [0.25, 0.3) is 10.9 Å². The molecule has 3 rings (SSSR count). The van der Waals surface area contributed by atoms with Crippen LogP contribution in [-0.4, -0.2) is 25.9 Å². The summed E-state index contributed by atoms with van der Waals surface area (Å²) in [5, 5.41) is 1.17. The summed E-state index contributed by atoms with van der Waals surface area (Å²) in [6.07, 6.45) is 0.670. The van der Waals surface area contributed by atoms with E-state index in [4.69, 9.17) is 5.73 Å². The van der Waals surface area contributed by atoms with E-state index in [1.54, 1.807) is 18.2 Å². The Hall–Kier alpha value is -2.80. The maximum Gasteiger partial charge on any atom is 0.264 e. The highest BCUT2D eigenvalue weighted by molar-refractivity contribution is 7.90. The molecule has 1 aromatic heterocycles. The van der Waals surface area contributed by atoms with Gasteiger partial charge in [0.25, 0.3) is 10.0 Å². The Labute approximate surface area is 153 Å². The molecule has 4 N–H and O–H groups in total. The molecule has 0 unspecified atom stereocenters. The number of sulfonamides is 1. The van der Waals surface area contributed by atoms with E-state index >= 15 is 0 Å². The van der Waals surface area contributed by atoms with Crippen molar-refractivity contribution < 1.29 is 8.42 Å². The minimum Gasteiger partial charge on any atom is -0.369 e. The van der Waals surface area contributed by atoms with Crippen LogP contribution in [0.1, 0.15) is 16.8 Å². The molecule has 136 valence electrons. The molecule has 0 saturated carbocycles. The second-order valence-electron chi connectivity index (χ2n) is 6.21. The van der Waals surface area contributed by atoms with Crippen molar-refractivity contribution >= 4 is 26.9 Å². The number of nitrogens with one attached hydrogen (secondary N) is 2. The van der Waals surface area contributed by atoms with Crippen molar-refractivity contribution in [3.05, 3.63) is 65.4 Å². The first-order valence-corrected chi connectivity index (χ1v) is 9.81. The highest BCUT2D eigenvalue weighted by atomic mass is 32.2. The third-order valence-corrected chi connectivity index (χ3v) is 5.58. The van der Waals surface area contributed by atoms with Crippen LogP contribution in [-0.2, 0) is 16.4 Å². The minimum absolute atomic E-state index is 0.109. The summed E-state index contributed by atoms with van der Waals surface area (Å²) in [7, 11) is -3.70. The fourth-order valence-electron chi connectivity index (χ4n) is 2.94. The number of hydrogen-bond donors (Lipinski definition) is 3. The lowest BCUT2D eigenvalue weighted by Gasteiger charge is -2.07. The SMILES string of the molecule is Cc1ccc2[nH]c(C)c(CCN=C(N)NS(=O)(=O)c3ccccc3)c2c1. The monoisotopic (exact) mass is 370 g/mol. The van der Waals surface area contributed by atoms with Gasteiger partial charge in [-0.05, 0) is 50.1 Å². The number of hydrogen-bond acceptors (Lipinski definition) is 3. The molecule has 7 heteroatoms. The number of fused-ring (bicyclic) bond motifs is 1. The standard InChI is InChI=1S/C19H22N4O2S/c1-13-8-9-18-17(12-13)16(14(2)22-18)10-11-21-19(20)23-26(24,25)15-6-4-3-5-7-15/h3-9,12,22H,10-11H2,1-2H3,(H3,20,21,23). The zero-order valence-electron chi connectivity index (χ0n) is 14.8. The zero-order valence-corrected chi connectivity index (χ0v) is 15.6. The van der Waals surface area contributed by atoms with Crippen LogP contribution in [0.15, 0.2) is 58.4 Å². The fraction of sp³-hybridized carbons (Fsp3) is 0.211. The van der Waals surface area contributed by atoms with Gasteiger partial charge in [-0.15, -0.1) is 0 Å². The van der Waals surface area contributed by atoms with Gasteiger partial charge in [-0.3, -0.25) is 4.99 Å². The molecule has 1 heterocycles. The van der Waals surface area contributed by atoms with Crippen molar-refractivity contribution in [3.8, 4) is 0 Å². The van der Waals surface area contributed by atoms with Gasteiger partial charge in [0.1, 0.15) is 0 Å². The number of H-pyrrole nitrogens is 1. The van der Waals surface area contributed by atoms with Crippen molar-refractivity contribution in [1.29, 1.82) is 0 Å². The Bertz CT molecular complexity index is 1050. The molecule has 6 nitrogen and oxygen atoms in total. The molecule has 2 aromatic carbocycles. The number of aliphatic imine (C=N–C) groups is 1. The van der Waals surface area contributed by atoms with Crippen LogP contribution in [0.2, 0.25) is 0 Å². The average molecular weight is 370 g/mol. The van der Waals surface area contributed by atoms with Crippen molar-refractivity contribution in [1.82, 2.24) is 9.71 Å². The van der Waals surface area contributed by atoms with Gasteiger partial charge in [-0.1, -0.05) is 29.8 Å². The van der Waals surface area contributed by atoms with E-state index < -0.39 is 10.0 Å². The molecular formula is C19H22N4O2S. The van der Waals surface area contributed by atoms with Gasteiger partial charge in [-0.25, -0.2) is 13.1 Å². The lowest BCUT2D eigenvalue weighted by atomic mass is 10.1. The molecule has 0 atom stereocenters. The first kappa shape index (κ1) is 18.0. The quantitative estimate of drug-likeness (QED) is 0.475. The number of nitrogens with zero attached hydrogens (tertiary/aromatic N) is 1. The predicted molar refractivity (Wildman–Crippen MR) is 105 cm³/mol. The minimum atomic E-state index is -3.70. The van der Waals surface area contributed by atoms with E-state index in [2.05, 4.69) is 39.8 Å². The van der Waals surface area contributed by atoms with Crippen molar-refractivity contribution in [3.63, 3.8) is 0 Å². The molecule has 0 aliphatic carbocycles. The van der Waals surface area contributed by atoms with Gasteiger partial charge in [0.15, 0.2) is 0 Å². The Morgan fingerprint density at radius 2 is 1.88 bits per heavy atom. The predicted octanol–water partition coefficient (Wildman–Crippen LogP) is 2.62. The molecule has 0 bridgehead atoms. The van der Waals surface area contributed by atoms with E-state index in [0.29, 0.717) is 13.0 Å². The van der Waals surface area contributed by atoms with Crippen molar-refractivity contribution in [2.75, 3.05) is 6.54 Å².